The Morgan fingerprint density at radius 1 is 1.44 bits per heavy atom. The van der Waals surface area contributed by atoms with Gasteiger partial charge < -0.3 is 14.5 Å². The van der Waals surface area contributed by atoms with Gasteiger partial charge >= 0.3 is 0 Å². The van der Waals surface area contributed by atoms with Gasteiger partial charge in [0.25, 0.3) is 0 Å². The van der Waals surface area contributed by atoms with Crippen LogP contribution < -0.4 is 9.64 Å². The average Bonchev–Trinajstić information content (AvgIpc) is 2.77. The summed E-state index contributed by atoms with van der Waals surface area (Å²) < 4.78 is 5.20. The molecule has 88 valence electrons. The Balaban J connectivity index is 2.01. The molecule has 1 aromatic rings. The van der Waals surface area contributed by atoms with E-state index in [2.05, 4.69) is 15.1 Å². The first-order valence-electron chi connectivity index (χ1n) is 5.30. The van der Waals surface area contributed by atoms with E-state index in [9.17, 15) is 4.79 Å². The van der Waals surface area contributed by atoms with E-state index in [1.807, 2.05) is 4.90 Å². The highest BCUT2D eigenvalue weighted by Crippen LogP contribution is 2.25. The molecular weight excluding hydrogens is 208 g/mol. The molecule has 1 amide bonds. The van der Waals surface area contributed by atoms with Crippen LogP contribution in [0.5, 0.6) is 5.75 Å². The number of ether oxygens (including phenoxy) is 1. The second kappa shape index (κ2) is 4.42. The van der Waals surface area contributed by atoms with E-state index >= 15 is 0 Å². The van der Waals surface area contributed by atoms with Crippen LogP contribution in [0.1, 0.15) is 6.92 Å². The van der Waals surface area contributed by atoms with Gasteiger partial charge in [0.15, 0.2) is 11.6 Å². The fourth-order valence-corrected chi connectivity index (χ4v) is 1.89. The summed E-state index contributed by atoms with van der Waals surface area (Å²) >= 11 is 0. The predicted octanol–water partition coefficient (Wildman–Crippen LogP) is 0.0868. The summed E-state index contributed by atoms with van der Waals surface area (Å²) in [5.74, 6) is 1.78. The van der Waals surface area contributed by atoms with Crippen LogP contribution in [0.25, 0.3) is 0 Å². The van der Waals surface area contributed by atoms with Crippen molar-refractivity contribution >= 4 is 11.7 Å². The lowest BCUT2D eigenvalue weighted by Crippen LogP contribution is -2.48. The molecule has 1 saturated heterocycles. The van der Waals surface area contributed by atoms with Gasteiger partial charge in [0.2, 0.25) is 5.91 Å². The third kappa shape index (κ3) is 1.95. The van der Waals surface area contributed by atoms with Crippen molar-refractivity contribution in [3.63, 3.8) is 0 Å². The third-order valence-electron chi connectivity index (χ3n) is 2.85. The fourth-order valence-electron chi connectivity index (χ4n) is 1.89. The van der Waals surface area contributed by atoms with Crippen LogP contribution in [-0.2, 0) is 4.79 Å². The van der Waals surface area contributed by atoms with Gasteiger partial charge in [-0.3, -0.25) is 9.89 Å². The standard InChI is InChI=1S/C10H16N4O2/c1-8(15)13-3-5-14(6-4-13)10-9(16-2)7-11-12-10/h7H,3-6H2,1-2H3,(H,11,12). The van der Waals surface area contributed by atoms with Crippen molar-refractivity contribution in [2.75, 3.05) is 38.2 Å². The Bertz CT molecular complexity index is 369. The van der Waals surface area contributed by atoms with E-state index in [4.69, 9.17) is 4.74 Å². The number of anilines is 1. The Hall–Kier alpha value is -1.72. The fraction of sp³-hybridized carbons (Fsp3) is 0.600. The minimum Gasteiger partial charge on any atom is -0.491 e. The smallest absolute Gasteiger partial charge is 0.219 e. The van der Waals surface area contributed by atoms with E-state index in [-0.39, 0.29) is 5.91 Å². The number of hydrogen-bond donors (Lipinski definition) is 1. The number of nitrogens with one attached hydrogen (secondary N) is 1. The number of carbonyl (C=O) groups is 1. The maximum atomic E-state index is 11.2. The topological polar surface area (TPSA) is 61.5 Å². The molecule has 1 aliphatic heterocycles. The van der Waals surface area contributed by atoms with Crippen LogP contribution in [0.3, 0.4) is 0 Å². The normalized spacial score (nSPS) is 16.4. The highest BCUT2D eigenvalue weighted by atomic mass is 16.5. The zero-order valence-electron chi connectivity index (χ0n) is 9.56. The molecule has 1 fully saturated rings. The Labute approximate surface area is 94.2 Å². The van der Waals surface area contributed by atoms with Crippen molar-refractivity contribution in [1.29, 1.82) is 0 Å². The molecule has 0 unspecified atom stereocenters. The van der Waals surface area contributed by atoms with Crippen LogP contribution in [0.15, 0.2) is 6.20 Å². The summed E-state index contributed by atoms with van der Waals surface area (Å²) in [6.07, 6.45) is 1.66. The van der Waals surface area contributed by atoms with Gasteiger partial charge in [-0.2, -0.15) is 5.10 Å². The minimum atomic E-state index is 0.135. The van der Waals surface area contributed by atoms with Crippen molar-refractivity contribution in [2.24, 2.45) is 0 Å². The molecule has 2 heterocycles. The molecule has 0 radical (unpaired) electrons. The third-order valence-corrected chi connectivity index (χ3v) is 2.85. The number of methoxy groups -OCH3 is 1. The molecule has 0 aromatic carbocycles. The van der Waals surface area contributed by atoms with Crippen LogP contribution >= 0.6 is 0 Å². The summed E-state index contributed by atoms with van der Waals surface area (Å²) in [5, 5.41) is 6.87. The number of aromatic amines is 1. The van der Waals surface area contributed by atoms with Crippen molar-refractivity contribution < 1.29 is 9.53 Å². The molecule has 6 heteroatoms. The minimum absolute atomic E-state index is 0.135. The molecule has 6 nitrogen and oxygen atoms in total. The lowest BCUT2D eigenvalue weighted by atomic mass is 10.3. The first-order valence-corrected chi connectivity index (χ1v) is 5.30. The molecular formula is C10H16N4O2. The molecule has 2 rings (SSSR count). The van der Waals surface area contributed by atoms with E-state index in [0.717, 1.165) is 37.7 Å². The van der Waals surface area contributed by atoms with Gasteiger partial charge in [0.1, 0.15) is 0 Å². The molecule has 0 aliphatic carbocycles. The zero-order chi connectivity index (χ0) is 11.5. The van der Waals surface area contributed by atoms with Gasteiger partial charge in [-0.25, -0.2) is 0 Å². The van der Waals surface area contributed by atoms with Crippen molar-refractivity contribution in [1.82, 2.24) is 15.1 Å². The molecule has 1 aromatic heterocycles. The lowest BCUT2D eigenvalue weighted by Gasteiger charge is -2.34. The second-order valence-electron chi connectivity index (χ2n) is 3.78. The van der Waals surface area contributed by atoms with Crippen LogP contribution in [-0.4, -0.2) is 54.3 Å². The summed E-state index contributed by atoms with van der Waals surface area (Å²) in [7, 11) is 1.63. The maximum absolute atomic E-state index is 11.2. The molecule has 0 saturated carbocycles. The van der Waals surface area contributed by atoms with Crippen LogP contribution in [0.4, 0.5) is 5.82 Å². The maximum Gasteiger partial charge on any atom is 0.219 e. The van der Waals surface area contributed by atoms with Gasteiger partial charge in [-0.1, -0.05) is 0 Å². The number of aromatic nitrogens is 2. The molecule has 0 atom stereocenters. The molecule has 0 spiro atoms. The van der Waals surface area contributed by atoms with Crippen molar-refractivity contribution in [3.05, 3.63) is 6.20 Å². The molecule has 1 aliphatic rings. The average molecular weight is 224 g/mol. The summed E-state index contributed by atoms with van der Waals surface area (Å²) in [4.78, 5) is 15.2. The monoisotopic (exact) mass is 224 g/mol. The molecule has 1 N–H and O–H groups in total. The van der Waals surface area contributed by atoms with E-state index in [1.54, 1.807) is 20.2 Å². The van der Waals surface area contributed by atoms with E-state index in [0.29, 0.717) is 0 Å². The number of piperazine rings is 1. The second-order valence-corrected chi connectivity index (χ2v) is 3.78. The number of H-pyrrole nitrogens is 1. The lowest BCUT2D eigenvalue weighted by molar-refractivity contribution is -0.129. The first-order chi connectivity index (χ1) is 7.72. The quantitative estimate of drug-likeness (QED) is 0.773. The van der Waals surface area contributed by atoms with Gasteiger partial charge in [0.05, 0.1) is 13.3 Å². The summed E-state index contributed by atoms with van der Waals surface area (Å²) in [6.45, 7) is 4.71. The highest BCUT2D eigenvalue weighted by Gasteiger charge is 2.21. The summed E-state index contributed by atoms with van der Waals surface area (Å²) in [5.41, 5.74) is 0. The van der Waals surface area contributed by atoms with E-state index < -0.39 is 0 Å². The summed E-state index contributed by atoms with van der Waals surface area (Å²) in [6, 6.07) is 0. The Kier molecular flexibility index (Phi) is 2.98. The van der Waals surface area contributed by atoms with Gasteiger partial charge in [-0.15, -0.1) is 0 Å². The predicted molar refractivity (Wildman–Crippen MR) is 59.6 cm³/mol. The van der Waals surface area contributed by atoms with Crippen LogP contribution in [0, 0.1) is 0 Å². The van der Waals surface area contributed by atoms with Crippen molar-refractivity contribution in [3.8, 4) is 5.75 Å². The van der Waals surface area contributed by atoms with Gasteiger partial charge in [-0.05, 0) is 0 Å². The largest absolute Gasteiger partial charge is 0.491 e. The SMILES string of the molecule is COc1cn[nH]c1N1CCN(C(C)=O)CC1. The van der Waals surface area contributed by atoms with Crippen LogP contribution in [0.2, 0.25) is 0 Å². The number of nitrogens with zero attached hydrogens (tertiary/aromatic N) is 3. The number of amides is 1. The van der Waals surface area contributed by atoms with E-state index in [1.165, 1.54) is 0 Å². The number of carbonyl (C=O) groups excluding carboxylic acids is 1. The Morgan fingerprint density at radius 3 is 2.69 bits per heavy atom. The van der Waals surface area contributed by atoms with Crippen molar-refractivity contribution in [2.45, 2.75) is 6.92 Å². The van der Waals surface area contributed by atoms with Gasteiger partial charge in [0, 0.05) is 33.1 Å². The highest BCUT2D eigenvalue weighted by molar-refractivity contribution is 5.73. The molecule has 0 bridgehead atoms. The Morgan fingerprint density at radius 2 is 2.12 bits per heavy atom. The number of hydrogen-bond acceptors (Lipinski definition) is 4. The molecule has 16 heavy (non-hydrogen) atoms. The zero-order valence-corrected chi connectivity index (χ0v) is 9.56. The first kappa shape index (κ1) is 10.8. The number of rotatable bonds is 2.